The lowest BCUT2D eigenvalue weighted by Crippen LogP contribution is -2.33. The number of Topliss-reactive ketones (excluding diaryl/α,β-unsaturated/α-hetero) is 1. The van der Waals surface area contributed by atoms with Gasteiger partial charge in [-0.1, -0.05) is 22.9 Å². The maximum Gasteiger partial charge on any atom is 0.181 e. The number of aryl methyl sites for hydroxylation is 1. The van der Waals surface area contributed by atoms with E-state index < -0.39 is 0 Å². The zero-order chi connectivity index (χ0) is 14.0. The van der Waals surface area contributed by atoms with Crippen molar-refractivity contribution in [3.63, 3.8) is 0 Å². The summed E-state index contributed by atoms with van der Waals surface area (Å²) in [6, 6.07) is 5.98. The molecule has 1 aromatic heterocycles. The van der Waals surface area contributed by atoms with Gasteiger partial charge in [0.1, 0.15) is 0 Å². The molecule has 0 spiro atoms. The number of rotatable bonds is 5. The highest BCUT2D eigenvalue weighted by atomic mass is 79.9. The second kappa shape index (κ2) is 5.88. The average Bonchev–Trinajstić information content (AvgIpc) is 2.77. The van der Waals surface area contributed by atoms with Crippen molar-refractivity contribution in [1.29, 1.82) is 0 Å². The number of hydrogen-bond donors (Lipinski definition) is 1. The smallest absolute Gasteiger partial charge is 0.181 e. The second-order valence-corrected chi connectivity index (χ2v) is 5.52. The van der Waals surface area contributed by atoms with Crippen LogP contribution in [-0.4, -0.2) is 23.4 Å². The van der Waals surface area contributed by atoms with Crippen molar-refractivity contribution in [1.82, 2.24) is 9.88 Å². The molecule has 0 aliphatic heterocycles. The molecule has 1 atom stereocenters. The van der Waals surface area contributed by atoms with Crippen LogP contribution in [0.4, 0.5) is 0 Å². The number of carbonyl (C=O) groups excluding carboxylic acids is 1. The van der Waals surface area contributed by atoms with Crippen LogP contribution in [-0.2, 0) is 6.54 Å². The van der Waals surface area contributed by atoms with Crippen LogP contribution in [0.15, 0.2) is 28.9 Å². The molecule has 2 rings (SSSR count). The second-order valence-electron chi connectivity index (χ2n) is 4.60. The summed E-state index contributed by atoms with van der Waals surface area (Å²) in [4.78, 5) is 12.6. The third-order valence-corrected chi connectivity index (χ3v) is 4.02. The Morgan fingerprint density at radius 2 is 2.16 bits per heavy atom. The quantitative estimate of drug-likeness (QED) is 0.853. The number of likely N-dealkylation sites (N-methyl/N-ethyl adjacent to an activating group) is 1. The molecule has 2 aromatic rings. The molecule has 3 nitrogen and oxygen atoms in total. The molecule has 0 fully saturated rings. The van der Waals surface area contributed by atoms with Crippen molar-refractivity contribution in [2.24, 2.45) is 0 Å². The first-order chi connectivity index (χ1) is 9.12. The minimum Gasteiger partial charge on any atom is -0.347 e. The third-order valence-electron chi connectivity index (χ3n) is 3.52. The standard InChI is InChI=1S/C15H19BrN2O/c1-4-13(17-3)15(19)12-9-18(5-2)14-7-6-10(16)8-11(12)14/h6-9,13,17H,4-5H2,1-3H3. The lowest BCUT2D eigenvalue weighted by atomic mass is 10.0. The van der Waals surface area contributed by atoms with Gasteiger partial charge in [-0.2, -0.15) is 0 Å². The van der Waals surface area contributed by atoms with Gasteiger partial charge in [-0.25, -0.2) is 0 Å². The van der Waals surface area contributed by atoms with Gasteiger partial charge in [0.25, 0.3) is 0 Å². The Bertz CT molecular complexity index is 599. The lowest BCUT2D eigenvalue weighted by molar-refractivity contribution is 0.0946. The molecule has 1 unspecified atom stereocenters. The molecule has 19 heavy (non-hydrogen) atoms. The summed E-state index contributed by atoms with van der Waals surface area (Å²) in [5.41, 5.74) is 1.92. The van der Waals surface area contributed by atoms with E-state index in [1.165, 1.54) is 0 Å². The van der Waals surface area contributed by atoms with Crippen LogP contribution < -0.4 is 5.32 Å². The summed E-state index contributed by atoms with van der Waals surface area (Å²) >= 11 is 3.48. The minimum atomic E-state index is -0.116. The fraction of sp³-hybridized carbons (Fsp3) is 0.400. The predicted octanol–water partition coefficient (Wildman–Crippen LogP) is 3.60. The van der Waals surface area contributed by atoms with E-state index in [1.807, 2.05) is 32.3 Å². The molecule has 1 heterocycles. The van der Waals surface area contributed by atoms with Crippen LogP contribution >= 0.6 is 15.9 Å². The van der Waals surface area contributed by atoms with Crippen LogP contribution in [0.25, 0.3) is 10.9 Å². The summed E-state index contributed by atoms with van der Waals surface area (Å²) in [5.74, 6) is 0.167. The molecule has 102 valence electrons. The number of halogens is 1. The average molecular weight is 323 g/mol. The Labute approximate surface area is 122 Å². The van der Waals surface area contributed by atoms with Crippen LogP contribution in [0.5, 0.6) is 0 Å². The Morgan fingerprint density at radius 3 is 2.74 bits per heavy atom. The Morgan fingerprint density at radius 1 is 1.42 bits per heavy atom. The fourth-order valence-electron chi connectivity index (χ4n) is 2.44. The highest BCUT2D eigenvalue weighted by molar-refractivity contribution is 9.10. The number of fused-ring (bicyclic) bond motifs is 1. The number of nitrogens with one attached hydrogen (secondary N) is 1. The van der Waals surface area contributed by atoms with Crippen molar-refractivity contribution < 1.29 is 4.79 Å². The molecular weight excluding hydrogens is 304 g/mol. The lowest BCUT2D eigenvalue weighted by Gasteiger charge is -2.11. The van der Waals surface area contributed by atoms with Gasteiger partial charge in [0, 0.05) is 33.7 Å². The zero-order valence-electron chi connectivity index (χ0n) is 11.5. The summed E-state index contributed by atoms with van der Waals surface area (Å²) in [6.07, 6.45) is 2.77. The predicted molar refractivity (Wildman–Crippen MR) is 82.8 cm³/mol. The molecule has 1 aromatic carbocycles. The van der Waals surface area contributed by atoms with E-state index in [4.69, 9.17) is 0 Å². The number of benzene rings is 1. The van der Waals surface area contributed by atoms with E-state index in [0.717, 1.165) is 33.9 Å². The van der Waals surface area contributed by atoms with E-state index in [9.17, 15) is 4.79 Å². The molecule has 0 amide bonds. The third kappa shape index (κ3) is 2.60. The largest absolute Gasteiger partial charge is 0.347 e. The van der Waals surface area contributed by atoms with Crippen LogP contribution in [0.2, 0.25) is 0 Å². The van der Waals surface area contributed by atoms with Gasteiger partial charge in [0.05, 0.1) is 6.04 Å². The topological polar surface area (TPSA) is 34.0 Å². The minimum absolute atomic E-state index is 0.116. The number of hydrogen-bond acceptors (Lipinski definition) is 2. The fourth-order valence-corrected chi connectivity index (χ4v) is 2.80. The van der Waals surface area contributed by atoms with Crippen molar-refractivity contribution in [3.8, 4) is 0 Å². The first-order valence-corrected chi connectivity index (χ1v) is 7.41. The van der Waals surface area contributed by atoms with Gasteiger partial charge < -0.3 is 9.88 Å². The van der Waals surface area contributed by atoms with Crippen LogP contribution in [0.3, 0.4) is 0 Å². The SMILES string of the molecule is CCC(NC)C(=O)c1cn(CC)c2ccc(Br)cc12. The Balaban J connectivity index is 2.59. The molecule has 0 saturated carbocycles. The number of ketones is 1. The molecule has 0 bridgehead atoms. The molecule has 4 heteroatoms. The number of nitrogens with zero attached hydrogens (tertiary/aromatic N) is 1. The van der Waals surface area contributed by atoms with Gasteiger partial charge in [0.2, 0.25) is 0 Å². The van der Waals surface area contributed by atoms with E-state index in [1.54, 1.807) is 0 Å². The van der Waals surface area contributed by atoms with E-state index in [-0.39, 0.29) is 11.8 Å². The molecule has 1 N–H and O–H groups in total. The van der Waals surface area contributed by atoms with Gasteiger partial charge in [-0.15, -0.1) is 0 Å². The summed E-state index contributed by atoms with van der Waals surface area (Å²) in [6.45, 7) is 4.97. The van der Waals surface area contributed by atoms with Gasteiger partial charge in [-0.05, 0) is 38.6 Å². The highest BCUT2D eigenvalue weighted by Crippen LogP contribution is 2.26. The van der Waals surface area contributed by atoms with Crippen molar-refractivity contribution in [2.75, 3.05) is 7.05 Å². The summed E-state index contributed by atoms with van der Waals surface area (Å²) in [5, 5.41) is 4.11. The van der Waals surface area contributed by atoms with Crippen molar-refractivity contribution in [3.05, 3.63) is 34.4 Å². The number of aromatic nitrogens is 1. The maximum absolute atomic E-state index is 12.6. The highest BCUT2D eigenvalue weighted by Gasteiger charge is 2.21. The number of carbonyl (C=O) groups is 1. The molecule has 0 aliphatic rings. The monoisotopic (exact) mass is 322 g/mol. The Kier molecular flexibility index (Phi) is 4.42. The molecular formula is C15H19BrN2O. The van der Waals surface area contributed by atoms with Crippen molar-refractivity contribution in [2.45, 2.75) is 32.9 Å². The molecule has 0 saturated heterocycles. The Hall–Kier alpha value is -1.13. The van der Waals surface area contributed by atoms with E-state index in [2.05, 4.69) is 38.8 Å². The van der Waals surface area contributed by atoms with E-state index in [0.29, 0.717) is 0 Å². The molecule has 0 aliphatic carbocycles. The van der Waals surface area contributed by atoms with Crippen molar-refractivity contribution >= 4 is 32.6 Å². The summed E-state index contributed by atoms with van der Waals surface area (Å²) < 4.78 is 3.12. The van der Waals surface area contributed by atoms with E-state index >= 15 is 0 Å². The first kappa shape index (κ1) is 14.3. The van der Waals surface area contributed by atoms with Gasteiger partial charge in [-0.3, -0.25) is 4.79 Å². The van der Waals surface area contributed by atoms with Crippen LogP contribution in [0.1, 0.15) is 30.6 Å². The summed E-state index contributed by atoms with van der Waals surface area (Å²) in [7, 11) is 1.83. The van der Waals surface area contributed by atoms with Crippen LogP contribution in [0, 0.1) is 0 Å². The first-order valence-electron chi connectivity index (χ1n) is 6.62. The maximum atomic E-state index is 12.6. The van der Waals surface area contributed by atoms with Gasteiger partial charge in [0.15, 0.2) is 5.78 Å². The van der Waals surface area contributed by atoms with Gasteiger partial charge >= 0.3 is 0 Å². The normalized spacial score (nSPS) is 12.8. The zero-order valence-corrected chi connectivity index (χ0v) is 13.1. The molecule has 0 radical (unpaired) electrons.